The lowest BCUT2D eigenvalue weighted by Crippen LogP contribution is -2.39. The molecule has 0 aromatic carbocycles. The topological polar surface area (TPSA) is 69.9 Å². The first-order chi connectivity index (χ1) is 12.8. The fourth-order valence-corrected chi connectivity index (χ4v) is 3.04. The minimum absolute atomic E-state index is 0. The molecule has 7 heteroatoms. The standard InChI is InChI=1S/C20H34N4O2.HI/c1-2-3-12-21-20(23-14-11-18-9-7-17-26-18)22-13-8-16-24-15-6-4-5-10-19(24)25;/h7,9,17H,2-6,8,10-16H2,1H3,(H2,21,22,23);1H. The molecule has 0 radical (unpaired) electrons. The van der Waals surface area contributed by atoms with Gasteiger partial charge in [0.05, 0.1) is 6.26 Å². The Labute approximate surface area is 180 Å². The summed E-state index contributed by atoms with van der Waals surface area (Å²) in [4.78, 5) is 18.7. The molecular weight excluding hydrogens is 455 g/mol. The molecule has 1 aromatic heterocycles. The molecular formula is C20H35IN4O2. The minimum atomic E-state index is 0. The third kappa shape index (κ3) is 10.0. The van der Waals surface area contributed by atoms with Crippen LogP contribution in [0.1, 0.15) is 57.6 Å². The number of nitrogens with zero attached hydrogens (tertiary/aromatic N) is 2. The fourth-order valence-electron chi connectivity index (χ4n) is 3.04. The number of likely N-dealkylation sites (tertiary alicyclic amines) is 1. The summed E-state index contributed by atoms with van der Waals surface area (Å²) in [5, 5.41) is 6.76. The van der Waals surface area contributed by atoms with Gasteiger partial charge >= 0.3 is 0 Å². The zero-order valence-corrected chi connectivity index (χ0v) is 18.9. The molecule has 1 amide bonds. The van der Waals surface area contributed by atoms with Crippen molar-refractivity contribution in [3.63, 3.8) is 0 Å². The Balaban J connectivity index is 0.00000364. The van der Waals surface area contributed by atoms with Crippen molar-refractivity contribution < 1.29 is 9.21 Å². The molecule has 2 N–H and O–H groups in total. The maximum absolute atomic E-state index is 12.0. The highest BCUT2D eigenvalue weighted by Gasteiger charge is 2.15. The summed E-state index contributed by atoms with van der Waals surface area (Å²) in [6.07, 6.45) is 9.78. The molecule has 1 aliphatic rings. The SMILES string of the molecule is CCCCNC(=NCCCN1CCCCCC1=O)NCCc1ccco1.I. The number of carbonyl (C=O) groups excluding carboxylic acids is 1. The second-order valence-corrected chi connectivity index (χ2v) is 6.81. The Morgan fingerprint density at radius 2 is 2.07 bits per heavy atom. The highest BCUT2D eigenvalue weighted by atomic mass is 127. The van der Waals surface area contributed by atoms with Crippen LogP contribution in [0.2, 0.25) is 0 Å². The van der Waals surface area contributed by atoms with Crippen molar-refractivity contribution in [1.82, 2.24) is 15.5 Å². The summed E-state index contributed by atoms with van der Waals surface area (Å²) in [7, 11) is 0. The van der Waals surface area contributed by atoms with E-state index >= 15 is 0 Å². The molecule has 154 valence electrons. The number of hydrogen-bond donors (Lipinski definition) is 2. The van der Waals surface area contributed by atoms with Gasteiger partial charge in [-0.1, -0.05) is 19.8 Å². The number of rotatable bonds is 10. The van der Waals surface area contributed by atoms with Crippen molar-refractivity contribution in [2.45, 2.75) is 58.3 Å². The van der Waals surface area contributed by atoms with Crippen molar-refractivity contribution in [2.75, 3.05) is 32.7 Å². The molecule has 1 saturated heterocycles. The van der Waals surface area contributed by atoms with Gasteiger partial charge in [0, 0.05) is 45.6 Å². The van der Waals surface area contributed by atoms with Crippen molar-refractivity contribution in [1.29, 1.82) is 0 Å². The largest absolute Gasteiger partial charge is 0.469 e. The van der Waals surface area contributed by atoms with E-state index < -0.39 is 0 Å². The lowest BCUT2D eigenvalue weighted by atomic mass is 10.2. The van der Waals surface area contributed by atoms with E-state index in [2.05, 4.69) is 22.5 Å². The fraction of sp³-hybridized carbons (Fsp3) is 0.700. The average Bonchev–Trinajstić information content (AvgIpc) is 3.07. The number of guanidine groups is 1. The summed E-state index contributed by atoms with van der Waals surface area (Å²) in [5.74, 6) is 2.14. The van der Waals surface area contributed by atoms with Gasteiger partial charge in [-0.15, -0.1) is 24.0 Å². The highest BCUT2D eigenvalue weighted by Crippen LogP contribution is 2.11. The number of hydrogen-bond acceptors (Lipinski definition) is 3. The quantitative estimate of drug-likeness (QED) is 0.228. The summed E-state index contributed by atoms with van der Waals surface area (Å²) in [6.45, 7) is 6.35. The van der Waals surface area contributed by atoms with E-state index in [0.717, 1.165) is 83.0 Å². The van der Waals surface area contributed by atoms with E-state index in [1.54, 1.807) is 6.26 Å². The third-order valence-electron chi connectivity index (χ3n) is 4.59. The summed E-state index contributed by atoms with van der Waals surface area (Å²) >= 11 is 0. The Kier molecular flexibility index (Phi) is 13.0. The maximum Gasteiger partial charge on any atom is 0.222 e. The van der Waals surface area contributed by atoms with E-state index in [1.165, 1.54) is 6.42 Å². The monoisotopic (exact) mass is 490 g/mol. The molecule has 1 aromatic rings. The molecule has 1 aliphatic heterocycles. The second kappa shape index (κ2) is 14.8. The van der Waals surface area contributed by atoms with Gasteiger partial charge in [0.25, 0.3) is 0 Å². The first-order valence-electron chi connectivity index (χ1n) is 10.1. The van der Waals surface area contributed by atoms with Gasteiger partial charge in [0.15, 0.2) is 5.96 Å². The second-order valence-electron chi connectivity index (χ2n) is 6.81. The molecule has 0 bridgehead atoms. The van der Waals surface area contributed by atoms with Crippen LogP contribution in [-0.2, 0) is 11.2 Å². The van der Waals surface area contributed by atoms with Gasteiger partial charge in [-0.3, -0.25) is 9.79 Å². The number of halogens is 1. The van der Waals surface area contributed by atoms with E-state index in [4.69, 9.17) is 4.42 Å². The molecule has 2 heterocycles. The van der Waals surface area contributed by atoms with E-state index in [9.17, 15) is 4.79 Å². The molecule has 0 saturated carbocycles. The Hall–Kier alpha value is -1.25. The minimum Gasteiger partial charge on any atom is -0.469 e. The van der Waals surface area contributed by atoms with Gasteiger partial charge in [-0.25, -0.2) is 0 Å². The van der Waals surface area contributed by atoms with Crippen LogP contribution in [0.25, 0.3) is 0 Å². The Bertz CT molecular complexity index is 534. The molecule has 0 aliphatic carbocycles. The highest BCUT2D eigenvalue weighted by molar-refractivity contribution is 14.0. The average molecular weight is 490 g/mol. The first-order valence-corrected chi connectivity index (χ1v) is 10.1. The van der Waals surface area contributed by atoms with Crippen LogP contribution in [-0.4, -0.2) is 49.5 Å². The number of nitrogens with one attached hydrogen (secondary N) is 2. The van der Waals surface area contributed by atoms with Crippen LogP contribution >= 0.6 is 24.0 Å². The van der Waals surface area contributed by atoms with E-state index in [0.29, 0.717) is 12.3 Å². The van der Waals surface area contributed by atoms with Gasteiger partial charge in [0.2, 0.25) is 5.91 Å². The number of aliphatic imine (C=N–C) groups is 1. The van der Waals surface area contributed by atoms with Crippen LogP contribution in [0.3, 0.4) is 0 Å². The predicted octanol–water partition coefficient (Wildman–Crippen LogP) is 3.57. The number of furan rings is 1. The summed E-state index contributed by atoms with van der Waals surface area (Å²) in [6, 6.07) is 3.90. The molecule has 0 atom stereocenters. The van der Waals surface area contributed by atoms with Crippen LogP contribution < -0.4 is 10.6 Å². The first kappa shape index (κ1) is 23.8. The molecule has 1 fully saturated rings. The van der Waals surface area contributed by atoms with Gasteiger partial charge in [0.1, 0.15) is 5.76 Å². The Morgan fingerprint density at radius 3 is 2.85 bits per heavy atom. The number of amides is 1. The molecule has 6 nitrogen and oxygen atoms in total. The van der Waals surface area contributed by atoms with Crippen LogP contribution in [0.5, 0.6) is 0 Å². The van der Waals surface area contributed by atoms with Gasteiger partial charge in [-0.2, -0.15) is 0 Å². The molecule has 27 heavy (non-hydrogen) atoms. The molecule has 0 unspecified atom stereocenters. The van der Waals surface area contributed by atoms with E-state index in [-0.39, 0.29) is 24.0 Å². The normalized spacial score (nSPS) is 15.2. The smallest absolute Gasteiger partial charge is 0.222 e. The summed E-state index contributed by atoms with van der Waals surface area (Å²) < 4.78 is 5.36. The van der Waals surface area contributed by atoms with Crippen LogP contribution in [0, 0.1) is 0 Å². The van der Waals surface area contributed by atoms with Crippen molar-refractivity contribution >= 4 is 35.8 Å². The van der Waals surface area contributed by atoms with Crippen molar-refractivity contribution in [3.05, 3.63) is 24.2 Å². The van der Waals surface area contributed by atoms with Crippen LogP contribution in [0.15, 0.2) is 27.8 Å². The maximum atomic E-state index is 12.0. The van der Waals surface area contributed by atoms with Gasteiger partial charge in [-0.05, 0) is 37.8 Å². The Morgan fingerprint density at radius 1 is 1.22 bits per heavy atom. The van der Waals surface area contributed by atoms with Crippen LogP contribution in [0.4, 0.5) is 0 Å². The lowest BCUT2D eigenvalue weighted by molar-refractivity contribution is -0.130. The van der Waals surface area contributed by atoms with Crippen molar-refractivity contribution in [3.8, 4) is 0 Å². The zero-order valence-electron chi connectivity index (χ0n) is 16.5. The number of carbonyl (C=O) groups is 1. The molecule has 2 rings (SSSR count). The lowest BCUT2D eigenvalue weighted by Gasteiger charge is -2.20. The summed E-state index contributed by atoms with van der Waals surface area (Å²) in [5.41, 5.74) is 0. The van der Waals surface area contributed by atoms with E-state index in [1.807, 2.05) is 17.0 Å². The van der Waals surface area contributed by atoms with Gasteiger partial charge < -0.3 is 20.0 Å². The van der Waals surface area contributed by atoms with Crippen molar-refractivity contribution in [2.24, 2.45) is 4.99 Å². The zero-order chi connectivity index (χ0) is 18.5. The third-order valence-corrected chi connectivity index (χ3v) is 4.59. The number of unbranched alkanes of at least 4 members (excludes halogenated alkanes) is 1. The predicted molar refractivity (Wildman–Crippen MR) is 121 cm³/mol. The molecule has 0 spiro atoms.